The van der Waals surface area contributed by atoms with Crippen LogP contribution in [0.25, 0.3) is 0 Å². The zero-order valence-electron chi connectivity index (χ0n) is 9.61. The van der Waals surface area contributed by atoms with Crippen LogP contribution in [0.1, 0.15) is 32.1 Å². The van der Waals surface area contributed by atoms with Crippen LogP contribution in [0.15, 0.2) is 36.4 Å². The molecule has 0 aliphatic heterocycles. The summed E-state index contributed by atoms with van der Waals surface area (Å²) in [5, 5.41) is 0. The van der Waals surface area contributed by atoms with E-state index in [0.717, 1.165) is 16.9 Å². The molecule has 1 aliphatic carbocycles. The Balaban J connectivity index is 1.78. The summed E-state index contributed by atoms with van der Waals surface area (Å²) in [5.41, 5.74) is 2.51. The number of rotatable bonds is 3. The third-order valence-corrected chi connectivity index (χ3v) is 4.51. The summed E-state index contributed by atoms with van der Waals surface area (Å²) in [6.07, 6.45) is 4.11. The van der Waals surface area contributed by atoms with Gasteiger partial charge in [0.25, 0.3) is 0 Å². The highest BCUT2D eigenvalue weighted by Gasteiger charge is 2.18. The van der Waals surface area contributed by atoms with Gasteiger partial charge in [0.15, 0.2) is 5.78 Å². The lowest BCUT2D eigenvalue weighted by Gasteiger charge is -1.98. The second-order valence-electron chi connectivity index (χ2n) is 4.50. The van der Waals surface area contributed by atoms with E-state index in [1.54, 1.807) is 11.3 Å². The third kappa shape index (κ3) is 2.18. The first kappa shape index (κ1) is 10.7. The van der Waals surface area contributed by atoms with Crippen LogP contribution in [0.2, 0.25) is 0 Å². The van der Waals surface area contributed by atoms with Crippen molar-refractivity contribution in [3.8, 4) is 0 Å². The molecule has 2 aromatic rings. The molecule has 0 radical (unpaired) electrons. The second-order valence-corrected chi connectivity index (χ2v) is 5.63. The first-order chi connectivity index (χ1) is 8.33. The van der Waals surface area contributed by atoms with Gasteiger partial charge in [0, 0.05) is 11.3 Å². The number of aryl methyl sites for hydroxylation is 2. The standard InChI is InChI=1S/C15H14OS/c16-13(9-11-5-2-1-3-6-11)15-10-12-7-4-8-14(12)17-15/h1-3,5-6,10H,4,7-9H2. The summed E-state index contributed by atoms with van der Waals surface area (Å²) < 4.78 is 0. The van der Waals surface area contributed by atoms with E-state index in [4.69, 9.17) is 0 Å². The summed E-state index contributed by atoms with van der Waals surface area (Å²) in [7, 11) is 0. The monoisotopic (exact) mass is 242 g/mol. The van der Waals surface area contributed by atoms with Crippen LogP contribution in [-0.4, -0.2) is 5.78 Å². The van der Waals surface area contributed by atoms with Crippen molar-refractivity contribution in [1.82, 2.24) is 0 Å². The number of carbonyl (C=O) groups is 1. The van der Waals surface area contributed by atoms with Crippen LogP contribution in [0, 0.1) is 0 Å². The minimum Gasteiger partial charge on any atom is -0.293 e. The van der Waals surface area contributed by atoms with E-state index in [1.807, 2.05) is 30.3 Å². The van der Waals surface area contributed by atoms with Crippen LogP contribution in [0.3, 0.4) is 0 Å². The Hall–Kier alpha value is -1.41. The number of fused-ring (bicyclic) bond motifs is 1. The second kappa shape index (κ2) is 4.46. The largest absolute Gasteiger partial charge is 0.293 e. The number of Topliss-reactive ketones (excluding diaryl/α,β-unsaturated/α-hetero) is 1. The van der Waals surface area contributed by atoms with E-state index in [1.165, 1.54) is 23.3 Å². The molecule has 1 aromatic carbocycles. The molecule has 1 aliphatic rings. The Morgan fingerprint density at radius 1 is 1.18 bits per heavy atom. The number of thiophene rings is 1. The molecule has 0 spiro atoms. The molecule has 1 heterocycles. The minimum absolute atomic E-state index is 0.260. The maximum atomic E-state index is 12.1. The Labute approximate surface area is 105 Å². The average molecular weight is 242 g/mol. The first-order valence-electron chi connectivity index (χ1n) is 6.01. The summed E-state index contributed by atoms with van der Waals surface area (Å²) >= 11 is 1.70. The average Bonchev–Trinajstić information content (AvgIpc) is 2.90. The summed E-state index contributed by atoms with van der Waals surface area (Å²) in [4.78, 5) is 14.5. The first-order valence-corrected chi connectivity index (χ1v) is 6.83. The Kier molecular flexibility index (Phi) is 2.81. The highest BCUT2D eigenvalue weighted by Crippen LogP contribution is 2.31. The fraction of sp³-hybridized carbons (Fsp3) is 0.267. The van der Waals surface area contributed by atoms with E-state index in [9.17, 15) is 4.79 Å². The highest BCUT2D eigenvalue weighted by molar-refractivity contribution is 7.14. The molecule has 86 valence electrons. The molecule has 2 heteroatoms. The number of carbonyl (C=O) groups excluding carboxylic acids is 1. The minimum atomic E-state index is 0.260. The lowest BCUT2D eigenvalue weighted by Crippen LogP contribution is -2.00. The van der Waals surface area contributed by atoms with Gasteiger partial charge in [-0.05, 0) is 36.5 Å². The maximum absolute atomic E-state index is 12.1. The SMILES string of the molecule is O=C(Cc1ccccc1)c1cc2c(s1)CCC2. The van der Waals surface area contributed by atoms with E-state index in [2.05, 4.69) is 6.07 Å². The van der Waals surface area contributed by atoms with Crippen LogP contribution >= 0.6 is 11.3 Å². The summed E-state index contributed by atoms with van der Waals surface area (Å²) in [6, 6.07) is 12.1. The molecule has 0 saturated heterocycles. The smallest absolute Gasteiger partial charge is 0.177 e. The fourth-order valence-electron chi connectivity index (χ4n) is 2.33. The van der Waals surface area contributed by atoms with Crippen molar-refractivity contribution in [2.24, 2.45) is 0 Å². The maximum Gasteiger partial charge on any atom is 0.177 e. The van der Waals surface area contributed by atoms with Crippen molar-refractivity contribution in [2.45, 2.75) is 25.7 Å². The lowest BCUT2D eigenvalue weighted by atomic mass is 10.1. The molecule has 0 fully saturated rings. The van der Waals surface area contributed by atoms with Crippen molar-refractivity contribution in [1.29, 1.82) is 0 Å². The van der Waals surface area contributed by atoms with Gasteiger partial charge >= 0.3 is 0 Å². The van der Waals surface area contributed by atoms with Crippen LogP contribution in [0.4, 0.5) is 0 Å². The van der Waals surface area contributed by atoms with Gasteiger partial charge in [-0.1, -0.05) is 30.3 Å². The molecule has 0 N–H and O–H groups in total. The van der Waals surface area contributed by atoms with Crippen molar-refractivity contribution < 1.29 is 4.79 Å². The lowest BCUT2D eigenvalue weighted by molar-refractivity contribution is 0.0997. The normalized spacial score (nSPS) is 13.6. The Bertz CT molecular complexity index is 518. The van der Waals surface area contributed by atoms with E-state index < -0.39 is 0 Å². The van der Waals surface area contributed by atoms with Crippen molar-refractivity contribution in [2.75, 3.05) is 0 Å². The van der Waals surface area contributed by atoms with Gasteiger partial charge in [-0.25, -0.2) is 0 Å². The van der Waals surface area contributed by atoms with Crippen molar-refractivity contribution in [3.63, 3.8) is 0 Å². The van der Waals surface area contributed by atoms with Gasteiger partial charge in [0.05, 0.1) is 4.88 Å². The molecule has 3 rings (SSSR count). The molecule has 0 unspecified atom stereocenters. The highest BCUT2D eigenvalue weighted by atomic mass is 32.1. The Morgan fingerprint density at radius 2 is 2.00 bits per heavy atom. The van der Waals surface area contributed by atoms with Crippen molar-refractivity contribution in [3.05, 3.63) is 57.3 Å². The number of hydrogen-bond acceptors (Lipinski definition) is 2. The van der Waals surface area contributed by atoms with E-state index in [0.29, 0.717) is 6.42 Å². The van der Waals surface area contributed by atoms with E-state index >= 15 is 0 Å². The molecule has 17 heavy (non-hydrogen) atoms. The van der Waals surface area contributed by atoms with Crippen molar-refractivity contribution >= 4 is 17.1 Å². The Morgan fingerprint density at radius 3 is 2.76 bits per heavy atom. The van der Waals surface area contributed by atoms with E-state index in [-0.39, 0.29) is 5.78 Å². The van der Waals surface area contributed by atoms with Gasteiger partial charge in [0.2, 0.25) is 0 Å². The summed E-state index contributed by atoms with van der Waals surface area (Å²) in [5.74, 6) is 0.260. The number of hydrogen-bond donors (Lipinski definition) is 0. The van der Waals surface area contributed by atoms with Crippen LogP contribution in [0.5, 0.6) is 0 Å². The molecule has 1 nitrogen and oxygen atoms in total. The molecular weight excluding hydrogens is 228 g/mol. The quantitative estimate of drug-likeness (QED) is 0.751. The van der Waals surface area contributed by atoms with Crippen LogP contribution in [-0.2, 0) is 19.3 Å². The molecule has 1 aromatic heterocycles. The van der Waals surface area contributed by atoms with Gasteiger partial charge < -0.3 is 0 Å². The van der Waals surface area contributed by atoms with Gasteiger partial charge in [0.1, 0.15) is 0 Å². The molecule has 0 saturated carbocycles. The van der Waals surface area contributed by atoms with Gasteiger partial charge in [-0.2, -0.15) is 0 Å². The molecular formula is C15H14OS. The van der Waals surface area contributed by atoms with Gasteiger partial charge in [-0.15, -0.1) is 11.3 Å². The summed E-state index contributed by atoms with van der Waals surface area (Å²) in [6.45, 7) is 0. The fourth-order valence-corrected chi connectivity index (χ4v) is 3.53. The molecule has 0 atom stereocenters. The molecule has 0 amide bonds. The topological polar surface area (TPSA) is 17.1 Å². The van der Waals surface area contributed by atoms with Crippen LogP contribution < -0.4 is 0 Å². The predicted molar refractivity (Wildman–Crippen MR) is 70.8 cm³/mol. The number of benzene rings is 1. The van der Waals surface area contributed by atoms with Gasteiger partial charge in [-0.3, -0.25) is 4.79 Å². The zero-order chi connectivity index (χ0) is 11.7. The molecule has 0 bridgehead atoms. The predicted octanol–water partition coefficient (Wildman–Crippen LogP) is 3.66. The number of ketones is 1. The zero-order valence-corrected chi connectivity index (χ0v) is 10.4. The third-order valence-electron chi connectivity index (χ3n) is 3.23.